The number of nitrogen functional groups attached to an aromatic ring is 1. The van der Waals surface area contributed by atoms with Crippen LogP contribution in [0.15, 0.2) is 0 Å². The van der Waals surface area contributed by atoms with E-state index in [1.807, 2.05) is 6.92 Å². The van der Waals surface area contributed by atoms with Gasteiger partial charge < -0.3 is 15.8 Å². The lowest BCUT2D eigenvalue weighted by Gasteiger charge is -2.11. The molecule has 1 heterocycles. The Labute approximate surface area is 96.4 Å². The Balaban J connectivity index is 2.79. The third-order valence-corrected chi connectivity index (χ3v) is 2.30. The van der Waals surface area contributed by atoms with Crippen LogP contribution >= 0.6 is 0 Å². The maximum atomic E-state index is 5.83. The summed E-state index contributed by atoms with van der Waals surface area (Å²) < 4.78 is 4.97. The molecule has 5 nitrogen and oxygen atoms in total. The van der Waals surface area contributed by atoms with Gasteiger partial charge in [0.15, 0.2) is 0 Å². The van der Waals surface area contributed by atoms with Gasteiger partial charge in [0.1, 0.15) is 17.5 Å². The van der Waals surface area contributed by atoms with Crippen molar-refractivity contribution >= 4 is 11.6 Å². The number of aromatic nitrogens is 2. The summed E-state index contributed by atoms with van der Waals surface area (Å²) in [6.07, 6.45) is 1.86. The molecule has 0 radical (unpaired) electrons. The molecule has 0 aliphatic carbocycles. The number of rotatable bonds is 6. The van der Waals surface area contributed by atoms with Crippen molar-refractivity contribution in [1.29, 1.82) is 0 Å². The van der Waals surface area contributed by atoms with Crippen molar-refractivity contribution in [2.45, 2.75) is 26.7 Å². The van der Waals surface area contributed by atoms with E-state index < -0.39 is 0 Å². The molecule has 0 aliphatic heterocycles. The van der Waals surface area contributed by atoms with Gasteiger partial charge in [0, 0.05) is 25.6 Å². The molecule has 0 aromatic carbocycles. The molecule has 1 aromatic rings. The Morgan fingerprint density at radius 3 is 2.75 bits per heavy atom. The second-order valence-corrected chi connectivity index (χ2v) is 3.67. The Morgan fingerprint density at radius 2 is 2.12 bits per heavy atom. The number of nitrogens with one attached hydrogen (secondary N) is 1. The lowest BCUT2D eigenvalue weighted by Crippen LogP contribution is -2.13. The Hall–Kier alpha value is -1.36. The molecule has 0 fully saturated rings. The first-order chi connectivity index (χ1) is 7.69. The topological polar surface area (TPSA) is 73.1 Å². The minimum Gasteiger partial charge on any atom is -0.383 e. The third-order valence-electron chi connectivity index (χ3n) is 2.30. The molecule has 0 saturated carbocycles. The van der Waals surface area contributed by atoms with Gasteiger partial charge in [-0.15, -0.1) is 0 Å². The van der Waals surface area contributed by atoms with E-state index in [0.717, 1.165) is 36.6 Å². The van der Waals surface area contributed by atoms with Crippen molar-refractivity contribution < 1.29 is 4.74 Å². The van der Waals surface area contributed by atoms with E-state index in [2.05, 4.69) is 22.2 Å². The molecule has 3 N–H and O–H groups in total. The van der Waals surface area contributed by atoms with Gasteiger partial charge in [0.2, 0.25) is 0 Å². The third kappa shape index (κ3) is 3.34. The number of methoxy groups -OCH3 is 1. The monoisotopic (exact) mass is 224 g/mol. The fraction of sp³-hybridized carbons (Fsp3) is 0.636. The van der Waals surface area contributed by atoms with Crippen LogP contribution in [0, 0.1) is 6.92 Å². The molecule has 16 heavy (non-hydrogen) atoms. The first kappa shape index (κ1) is 12.7. The highest BCUT2D eigenvalue weighted by Crippen LogP contribution is 2.17. The predicted molar refractivity (Wildman–Crippen MR) is 65.5 cm³/mol. The summed E-state index contributed by atoms with van der Waals surface area (Å²) in [5.74, 6) is 2.16. The molecular formula is C11H20N4O. The second-order valence-electron chi connectivity index (χ2n) is 3.67. The maximum Gasteiger partial charge on any atom is 0.134 e. The molecule has 0 bridgehead atoms. The van der Waals surface area contributed by atoms with Crippen LogP contribution in [-0.2, 0) is 11.2 Å². The van der Waals surface area contributed by atoms with Crippen molar-refractivity contribution in [1.82, 2.24) is 9.97 Å². The zero-order valence-corrected chi connectivity index (χ0v) is 10.2. The Kier molecular flexibility index (Phi) is 4.98. The van der Waals surface area contributed by atoms with Gasteiger partial charge in [0.05, 0.1) is 6.61 Å². The summed E-state index contributed by atoms with van der Waals surface area (Å²) in [6, 6.07) is 0. The van der Waals surface area contributed by atoms with Crippen molar-refractivity contribution in [2.75, 3.05) is 31.3 Å². The Morgan fingerprint density at radius 1 is 1.38 bits per heavy atom. The zero-order chi connectivity index (χ0) is 12.0. The van der Waals surface area contributed by atoms with Crippen LogP contribution in [-0.4, -0.2) is 30.2 Å². The van der Waals surface area contributed by atoms with Gasteiger partial charge >= 0.3 is 0 Å². The number of hydrogen-bond donors (Lipinski definition) is 2. The van der Waals surface area contributed by atoms with E-state index >= 15 is 0 Å². The highest BCUT2D eigenvalue weighted by atomic mass is 16.5. The molecule has 1 rings (SSSR count). The second kappa shape index (κ2) is 6.27. The Bertz CT molecular complexity index is 341. The van der Waals surface area contributed by atoms with Gasteiger partial charge in [-0.2, -0.15) is 0 Å². The predicted octanol–water partition coefficient (Wildman–Crippen LogP) is 1.38. The van der Waals surface area contributed by atoms with Crippen LogP contribution in [0.2, 0.25) is 0 Å². The highest BCUT2D eigenvalue weighted by molar-refractivity contribution is 5.54. The SMILES string of the molecule is CCCc1nc(N)c(C)c(NCCOC)n1. The summed E-state index contributed by atoms with van der Waals surface area (Å²) in [5.41, 5.74) is 6.73. The van der Waals surface area contributed by atoms with Crippen LogP contribution in [0.1, 0.15) is 24.7 Å². The fourth-order valence-electron chi connectivity index (χ4n) is 1.36. The minimum atomic E-state index is 0.554. The van der Waals surface area contributed by atoms with Crippen LogP contribution in [0.5, 0.6) is 0 Å². The summed E-state index contributed by atoms with van der Waals surface area (Å²) in [7, 11) is 1.67. The summed E-state index contributed by atoms with van der Waals surface area (Å²) >= 11 is 0. The van der Waals surface area contributed by atoms with Crippen molar-refractivity contribution in [2.24, 2.45) is 0 Å². The highest BCUT2D eigenvalue weighted by Gasteiger charge is 2.07. The quantitative estimate of drug-likeness (QED) is 0.714. The molecule has 5 heteroatoms. The molecule has 90 valence electrons. The standard InChI is InChI=1S/C11H20N4O/c1-4-5-9-14-10(12)8(2)11(15-9)13-6-7-16-3/h4-7H2,1-3H3,(H3,12,13,14,15). The number of nitrogens with two attached hydrogens (primary N) is 1. The largest absolute Gasteiger partial charge is 0.383 e. The molecular weight excluding hydrogens is 204 g/mol. The van der Waals surface area contributed by atoms with Gasteiger partial charge in [-0.3, -0.25) is 0 Å². The molecule has 0 aliphatic rings. The van der Waals surface area contributed by atoms with Crippen LogP contribution in [0.3, 0.4) is 0 Å². The minimum absolute atomic E-state index is 0.554. The van der Waals surface area contributed by atoms with Gasteiger partial charge in [-0.25, -0.2) is 9.97 Å². The van der Waals surface area contributed by atoms with E-state index in [9.17, 15) is 0 Å². The number of aryl methyl sites for hydroxylation is 1. The molecule has 0 atom stereocenters. The molecule has 0 amide bonds. The lowest BCUT2D eigenvalue weighted by molar-refractivity contribution is 0.210. The van der Waals surface area contributed by atoms with Gasteiger partial charge in [-0.1, -0.05) is 6.92 Å². The average Bonchev–Trinajstić information content (AvgIpc) is 2.25. The van der Waals surface area contributed by atoms with Crippen molar-refractivity contribution in [3.63, 3.8) is 0 Å². The van der Waals surface area contributed by atoms with Crippen LogP contribution in [0.25, 0.3) is 0 Å². The summed E-state index contributed by atoms with van der Waals surface area (Å²) in [4.78, 5) is 8.68. The van der Waals surface area contributed by atoms with E-state index in [-0.39, 0.29) is 0 Å². The van der Waals surface area contributed by atoms with Gasteiger partial charge in [-0.05, 0) is 13.3 Å². The van der Waals surface area contributed by atoms with Gasteiger partial charge in [0.25, 0.3) is 0 Å². The zero-order valence-electron chi connectivity index (χ0n) is 10.2. The van der Waals surface area contributed by atoms with Crippen LogP contribution in [0.4, 0.5) is 11.6 Å². The van der Waals surface area contributed by atoms with E-state index in [0.29, 0.717) is 12.4 Å². The summed E-state index contributed by atoms with van der Waals surface area (Å²) in [5, 5.41) is 3.20. The number of nitrogens with zero attached hydrogens (tertiary/aromatic N) is 2. The smallest absolute Gasteiger partial charge is 0.134 e. The lowest BCUT2D eigenvalue weighted by atomic mass is 10.2. The van der Waals surface area contributed by atoms with Crippen LogP contribution < -0.4 is 11.1 Å². The number of ether oxygens (including phenoxy) is 1. The normalized spacial score (nSPS) is 10.4. The molecule has 0 saturated heterocycles. The average molecular weight is 224 g/mol. The first-order valence-electron chi connectivity index (χ1n) is 5.54. The molecule has 1 aromatic heterocycles. The van der Waals surface area contributed by atoms with E-state index in [4.69, 9.17) is 10.5 Å². The van der Waals surface area contributed by atoms with Crippen molar-refractivity contribution in [3.05, 3.63) is 11.4 Å². The van der Waals surface area contributed by atoms with Crippen molar-refractivity contribution in [3.8, 4) is 0 Å². The molecule has 0 unspecified atom stereocenters. The first-order valence-corrected chi connectivity index (χ1v) is 5.54. The van der Waals surface area contributed by atoms with E-state index in [1.54, 1.807) is 7.11 Å². The summed E-state index contributed by atoms with van der Waals surface area (Å²) in [6.45, 7) is 5.38. The number of anilines is 2. The number of hydrogen-bond acceptors (Lipinski definition) is 5. The molecule has 0 spiro atoms. The fourth-order valence-corrected chi connectivity index (χ4v) is 1.36. The maximum absolute atomic E-state index is 5.83. The van der Waals surface area contributed by atoms with E-state index in [1.165, 1.54) is 0 Å².